The number of fused-ring (bicyclic) bond motifs is 1. The van der Waals surface area contributed by atoms with E-state index in [0.717, 1.165) is 53.8 Å². The molecule has 0 radical (unpaired) electrons. The molecule has 26 heavy (non-hydrogen) atoms. The van der Waals surface area contributed by atoms with Crippen molar-refractivity contribution in [2.75, 3.05) is 5.32 Å². The molecule has 1 aromatic heterocycles. The average Bonchev–Trinajstić information content (AvgIpc) is 2.58. The minimum Gasteiger partial charge on any atom is -0.325 e. The molecular formula is C20H25N3O2S. The van der Waals surface area contributed by atoms with Crippen molar-refractivity contribution in [3.63, 3.8) is 0 Å². The predicted octanol–water partition coefficient (Wildman–Crippen LogP) is 3.69. The lowest BCUT2D eigenvalue weighted by Gasteiger charge is -2.17. The van der Waals surface area contributed by atoms with E-state index in [1.807, 2.05) is 27.7 Å². The van der Waals surface area contributed by atoms with E-state index in [1.165, 1.54) is 17.3 Å². The number of nitrogens with one attached hydrogen (secondary N) is 2. The van der Waals surface area contributed by atoms with Gasteiger partial charge < -0.3 is 10.3 Å². The van der Waals surface area contributed by atoms with Crippen molar-refractivity contribution in [3.8, 4) is 0 Å². The summed E-state index contributed by atoms with van der Waals surface area (Å²) in [7, 11) is 0. The number of aromatic amines is 1. The van der Waals surface area contributed by atoms with Gasteiger partial charge in [-0.25, -0.2) is 4.98 Å². The van der Waals surface area contributed by atoms with Gasteiger partial charge in [0.05, 0.1) is 10.9 Å². The lowest BCUT2D eigenvalue weighted by atomic mass is 9.97. The highest BCUT2D eigenvalue weighted by atomic mass is 32.2. The highest BCUT2D eigenvalue weighted by molar-refractivity contribution is 8.00. The third-order valence-electron chi connectivity index (χ3n) is 4.75. The number of amides is 1. The van der Waals surface area contributed by atoms with Crippen LogP contribution in [0.1, 0.15) is 47.7 Å². The zero-order valence-corrected chi connectivity index (χ0v) is 16.5. The molecular weight excluding hydrogens is 346 g/mol. The van der Waals surface area contributed by atoms with E-state index < -0.39 is 0 Å². The standard InChI is InChI=1S/C20H25N3O2S/c1-11-9-12(2)17(13(3)10-11)22-18(24)14(4)26-20-21-16-8-6-5-7-15(16)19(25)23-20/h9-10,14H,5-8H2,1-4H3,(H,22,24)(H,21,23,25)/t14-/m0/s1. The van der Waals surface area contributed by atoms with Gasteiger partial charge in [-0.05, 0) is 64.5 Å². The molecule has 2 aromatic rings. The van der Waals surface area contributed by atoms with Crippen molar-refractivity contribution in [3.05, 3.63) is 50.4 Å². The van der Waals surface area contributed by atoms with E-state index in [1.54, 1.807) is 0 Å². The molecule has 0 saturated heterocycles. The molecule has 3 rings (SSSR count). The fraction of sp³-hybridized carbons (Fsp3) is 0.450. The molecule has 0 saturated carbocycles. The summed E-state index contributed by atoms with van der Waals surface area (Å²) >= 11 is 1.29. The van der Waals surface area contributed by atoms with Gasteiger partial charge >= 0.3 is 0 Å². The normalized spacial score (nSPS) is 14.6. The van der Waals surface area contributed by atoms with Gasteiger partial charge in [-0.15, -0.1) is 0 Å². The van der Waals surface area contributed by atoms with Gasteiger partial charge in [0.25, 0.3) is 5.56 Å². The fourth-order valence-corrected chi connectivity index (χ4v) is 4.27. The Bertz CT molecular complexity index is 881. The molecule has 2 N–H and O–H groups in total. The van der Waals surface area contributed by atoms with E-state index in [-0.39, 0.29) is 16.7 Å². The van der Waals surface area contributed by atoms with Gasteiger partial charge in [0, 0.05) is 11.3 Å². The molecule has 5 nitrogen and oxygen atoms in total. The first kappa shape index (κ1) is 18.7. The maximum atomic E-state index is 12.6. The van der Waals surface area contributed by atoms with Crippen LogP contribution < -0.4 is 10.9 Å². The number of hydrogen-bond acceptors (Lipinski definition) is 4. The van der Waals surface area contributed by atoms with Gasteiger partial charge in [-0.3, -0.25) is 9.59 Å². The van der Waals surface area contributed by atoms with Gasteiger partial charge in [0.1, 0.15) is 0 Å². The first-order valence-corrected chi connectivity index (χ1v) is 9.90. The third kappa shape index (κ3) is 4.01. The predicted molar refractivity (Wildman–Crippen MR) is 106 cm³/mol. The zero-order chi connectivity index (χ0) is 18.8. The van der Waals surface area contributed by atoms with E-state index >= 15 is 0 Å². The lowest BCUT2D eigenvalue weighted by Crippen LogP contribution is -2.25. The van der Waals surface area contributed by atoms with Crippen LogP contribution in [-0.2, 0) is 17.6 Å². The summed E-state index contributed by atoms with van der Waals surface area (Å²) < 4.78 is 0. The molecule has 1 heterocycles. The summed E-state index contributed by atoms with van der Waals surface area (Å²) in [5, 5.41) is 3.19. The molecule has 0 unspecified atom stereocenters. The summed E-state index contributed by atoms with van der Waals surface area (Å²) in [6.07, 6.45) is 3.74. The Morgan fingerprint density at radius 1 is 1.19 bits per heavy atom. The Morgan fingerprint density at radius 3 is 2.54 bits per heavy atom. The molecule has 0 bridgehead atoms. The number of hydrogen-bond donors (Lipinski definition) is 2. The summed E-state index contributed by atoms with van der Waals surface area (Å²) in [5.41, 5.74) is 5.77. The van der Waals surface area contributed by atoms with Crippen molar-refractivity contribution in [2.45, 2.75) is 63.8 Å². The number of rotatable bonds is 4. The topological polar surface area (TPSA) is 74.8 Å². The molecule has 1 aromatic carbocycles. The minimum absolute atomic E-state index is 0.0602. The molecule has 1 aliphatic rings. The van der Waals surface area contributed by atoms with E-state index in [2.05, 4.69) is 27.4 Å². The average molecular weight is 372 g/mol. The second-order valence-electron chi connectivity index (χ2n) is 7.03. The number of carbonyl (C=O) groups excluding carboxylic acids is 1. The zero-order valence-electron chi connectivity index (χ0n) is 15.7. The maximum Gasteiger partial charge on any atom is 0.254 e. The van der Waals surface area contributed by atoms with E-state index in [4.69, 9.17) is 0 Å². The number of aromatic nitrogens is 2. The maximum absolute atomic E-state index is 12.6. The Labute approximate surface area is 158 Å². The summed E-state index contributed by atoms with van der Waals surface area (Å²) in [4.78, 5) is 32.3. The molecule has 0 fully saturated rings. The highest BCUT2D eigenvalue weighted by Gasteiger charge is 2.20. The van der Waals surface area contributed by atoms with Crippen molar-refractivity contribution in [2.24, 2.45) is 0 Å². The summed E-state index contributed by atoms with van der Waals surface area (Å²) in [6.45, 7) is 7.87. The molecule has 6 heteroatoms. The van der Waals surface area contributed by atoms with E-state index in [0.29, 0.717) is 5.16 Å². The fourth-order valence-electron chi connectivity index (χ4n) is 3.46. The number of H-pyrrole nitrogens is 1. The Balaban J connectivity index is 1.74. The van der Waals surface area contributed by atoms with Crippen LogP contribution in [0.15, 0.2) is 22.1 Å². The van der Waals surface area contributed by atoms with Crippen molar-refractivity contribution in [1.29, 1.82) is 0 Å². The van der Waals surface area contributed by atoms with Crippen LogP contribution in [0.25, 0.3) is 0 Å². The summed E-state index contributed by atoms with van der Waals surface area (Å²) in [5.74, 6) is -0.0922. The van der Waals surface area contributed by atoms with Crippen LogP contribution in [0.3, 0.4) is 0 Å². The van der Waals surface area contributed by atoms with Gasteiger partial charge in [0.2, 0.25) is 5.91 Å². The first-order valence-electron chi connectivity index (χ1n) is 9.02. The SMILES string of the molecule is Cc1cc(C)c(NC(=O)[C@H](C)Sc2nc3c(c(=O)[nH]2)CCCC3)c(C)c1. The lowest BCUT2D eigenvalue weighted by molar-refractivity contribution is -0.115. The van der Waals surface area contributed by atoms with E-state index in [9.17, 15) is 9.59 Å². The number of carbonyl (C=O) groups is 1. The smallest absolute Gasteiger partial charge is 0.254 e. The van der Waals surface area contributed by atoms with Gasteiger partial charge in [-0.1, -0.05) is 29.5 Å². The number of thioether (sulfide) groups is 1. The van der Waals surface area contributed by atoms with Crippen LogP contribution in [0.5, 0.6) is 0 Å². The molecule has 1 aliphatic carbocycles. The van der Waals surface area contributed by atoms with Gasteiger partial charge in [0.15, 0.2) is 5.16 Å². The Hall–Kier alpha value is -2.08. The minimum atomic E-state index is -0.361. The quantitative estimate of drug-likeness (QED) is 0.635. The molecule has 0 aliphatic heterocycles. The number of anilines is 1. The number of benzene rings is 1. The van der Waals surface area contributed by atoms with Crippen LogP contribution in [-0.4, -0.2) is 21.1 Å². The van der Waals surface area contributed by atoms with Crippen LogP contribution in [0.2, 0.25) is 0 Å². The van der Waals surface area contributed by atoms with Crippen molar-refractivity contribution >= 4 is 23.4 Å². The largest absolute Gasteiger partial charge is 0.325 e. The van der Waals surface area contributed by atoms with Crippen LogP contribution in [0, 0.1) is 20.8 Å². The number of aryl methyl sites for hydroxylation is 4. The second-order valence-corrected chi connectivity index (χ2v) is 8.36. The van der Waals surface area contributed by atoms with Crippen molar-refractivity contribution < 1.29 is 4.79 Å². The molecule has 1 atom stereocenters. The molecule has 1 amide bonds. The summed E-state index contributed by atoms with van der Waals surface area (Å²) in [6, 6.07) is 4.12. The monoisotopic (exact) mass is 371 g/mol. The van der Waals surface area contributed by atoms with Gasteiger partial charge in [-0.2, -0.15) is 0 Å². The van der Waals surface area contributed by atoms with Crippen LogP contribution >= 0.6 is 11.8 Å². The van der Waals surface area contributed by atoms with Crippen LogP contribution in [0.4, 0.5) is 5.69 Å². The van der Waals surface area contributed by atoms with Crippen molar-refractivity contribution in [1.82, 2.24) is 9.97 Å². The molecule has 0 spiro atoms. The Kier molecular flexibility index (Phi) is 5.51. The Morgan fingerprint density at radius 2 is 1.85 bits per heavy atom. The number of nitrogens with zero attached hydrogens (tertiary/aromatic N) is 1. The molecule has 138 valence electrons. The third-order valence-corrected chi connectivity index (χ3v) is 5.74. The highest BCUT2D eigenvalue weighted by Crippen LogP contribution is 2.26. The second kappa shape index (κ2) is 7.66. The first-order chi connectivity index (χ1) is 12.3.